The maximum atomic E-state index is 11.4. The van der Waals surface area contributed by atoms with E-state index in [2.05, 4.69) is 5.32 Å². The highest BCUT2D eigenvalue weighted by molar-refractivity contribution is 7.51. The number of hydrogen-bond acceptors (Lipinski definition) is 6. The number of ketones is 1. The summed E-state index contributed by atoms with van der Waals surface area (Å²) in [4.78, 5) is 39.6. The predicted molar refractivity (Wildman–Crippen MR) is 100 cm³/mol. The monoisotopic (exact) mass is 414 g/mol. The number of carbonyl (C=O) groups excluding carboxylic acids is 1. The summed E-state index contributed by atoms with van der Waals surface area (Å²) in [6.07, 6.45) is -0.479. The second-order valence-electron chi connectivity index (χ2n) is 5.55. The van der Waals surface area contributed by atoms with E-state index < -0.39 is 18.7 Å². The number of anilines is 1. The number of nitrogens with zero attached hydrogens (tertiary/aromatic N) is 1. The number of nitrogens with one attached hydrogen (secondary N) is 1. The van der Waals surface area contributed by atoms with Crippen molar-refractivity contribution in [1.29, 1.82) is 0 Å². The Morgan fingerprint density at radius 2 is 2.00 bits per heavy atom. The highest BCUT2D eigenvalue weighted by Crippen LogP contribution is 2.36. The van der Waals surface area contributed by atoms with Crippen molar-refractivity contribution in [2.24, 2.45) is 0 Å². The number of rotatable bonds is 8. The Kier molecular flexibility index (Phi) is 6.56. The number of benzene rings is 2. The van der Waals surface area contributed by atoms with Gasteiger partial charge in [-0.15, -0.1) is 0 Å². The first-order chi connectivity index (χ1) is 12.6. The van der Waals surface area contributed by atoms with Crippen molar-refractivity contribution in [2.45, 2.75) is 6.92 Å². The molecule has 27 heavy (non-hydrogen) atoms. The van der Waals surface area contributed by atoms with Crippen molar-refractivity contribution in [3.05, 3.63) is 57.1 Å². The van der Waals surface area contributed by atoms with Gasteiger partial charge in [-0.3, -0.25) is 19.5 Å². The fourth-order valence-corrected chi connectivity index (χ4v) is 2.77. The van der Waals surface area contributed by atoms with Crippen LogP contribution in [0.25, 0.3) is 0 Å². The van der Waals surface area contributed by atoms with Gasteiger partial charge in [-0.1, -0.05) is 11.6 Å². The van der Waals surface area contributed by atoms with Crippen LogP contribution in [-0.4, -0.2) is 33.2 Å². The van der Waals surface area contributed by atoms with Crippen LogP contribution in [0, 0.1) is 10.1 Å². The Morgan fingerprint density at radius 1 is 1.30 bits per heavy atom. The molecule has 0 atom stereocenters. The third-order valence-electron chi connectivity index (χ3n) is 3.45. The number of ether oxygens (including phenoxy) is 1. The van der Waals surface area contributed by atoms with Crippen molar-refractivity contribution >= 4 is 36.4 Å². The lowest BCUT2D eigenvalue weighted by atomic mass is 10.1. The van der Waals surface area contributed by atoms with Gasteiger partial charge in [-0.05, 0) is 31.2 Å². The third kappa shape index (κ3) is 6.04. The summed E-state index contributed by atoms with van der Waals surface area (Å²) in [5, 5.41) is 13.9. The van der Waals surface area contributed by atoms with Gasteiger partial charge in [0.25, 0.3) is 5.69 Å². The third-order valence-corrected chi connectivity index (χ3v) is 4.55. The topological polar surface area (TPSA) is 139 Å². The summed E-state index contributed by atoms with van der Waals surface area (Å²) < 4.78 is 16.5. The average Bonchev–Trinajstić information content (AvgIpc) is 2.55. The van der Waals surface area contributed by atoms with Crippen LogP contribution in [0.1, 0.15) is 17.3 Å². The number of nitro benzene ring substituents is 1. The standard InChI is InChI=1S/C16H16ClN2O7P/c1-10(20)11-2-5-16(13(17)8-11)26-12-3-4-15(19(21)22)14(9-12)18-6-7-27(23,24)25/h2-5,8-9,18H,6-7H2,1H3,(H2,23,24,25). The van der Waals surface area contributed by atoms with Crippen LogP contribution >= 0.6 is 19.2 Å². The van der Waals surface area contributed by atoms with Gasteiger partial charge in [0, 0.05) is 24.2 Å². The Labute approximate surface area is 159 Å². The normalized spacial score (nSPS) is 11.1. The summed E-state index contributed by atoms with van der Waals surface area (Å²) >= 11 is 6.09. The van der Waals surface area contributed by atoms with Crippen LogP contribution in [0.5, 0.6) is 11.5 Å². The molecular formula is C16H16ClN2O7P. The number of carbonyl (C=O) groups is 1. The highest BCUT2D eigenvalue weighted by Gasteiger charge is 2.18. The Bertz CT molecular complexity index is 929. The Balaban J connectivity index is 2.25. The summed E-state index contributed by atoms with van der Waals surface area (Å²) in [5.74, 6) is 0.309. The van der Waals surface area contributed by atoms with Gasteiger partial charge in [-0.2, -0.15) is 0 Å². The van der Waals surface area contributed by atoms with Crippen molar-refractivity contribution < 1.29 is 28.8 Å². The lowest BCUT2D eigenvalue weighted by Gasteiger charge is -2.12. The highest BCUT2D eigenvalue weighted by atomic mass is 35.5. The molecule has 0 fully saturated rings. The number of nitro groups is 1. The van der Waals surface area contributed by atoms with Gasteiger partial charge < -0.3 is 19.8 Å². The molecule has 11 heteroatoms. The van der Waals surface area contributed by atoms with Crippen molar-refractivity contribution in [1.82, 2.24) is 0 Å². The molecule has 0 aromatic heterocycles. The van der Waals surface area contributed by atoms with Gasteiger partial charge in [0.15, 0.2) is 5.78 Å². The molecular weight excluding hydrogens is 399 g/mol. The van der Waals surface area contributed by atoms with Crippen molar-refractivity contribution in [2.75, 3.05) is 18.0 Å². The quantitative estimate of drug-likeness (QED) is 0.256. The van der Waals surface area contributed by atoms with Gasteiger partial charge in [0.05, 0.1) is 16.1 Å². The maximum absolute atomic E-state index is 11.4. The molecule has 2 aromatic rings. The fraction of sp³-hybridized carbons (Fsp3) is 0.188. The summed E-state index contributed by atoms with van der Waals surface area (Å²) in [5.41, 5.74) is 0.185. The van der Waals surface area contributed by atoms with Crippen LogP contribution in [0.2, 0.25) is 5.02 Å². The van der Waals surface area contributed by atoms with Gasteiger partial charge in [0.2, 0.25) is 0 Å². The predicted octanol–water partition coefficient (Wildman–Crippen LogP) is 3.83. The van der Waals surface area contributed by atoms with Crippen molar-refractivity contribution in [3.8, 4) is 11.5 Å². The first-order valence-corrected chi connectivity index (χ1v) is 9.79. The molecule has 3 N–H and O–H groups in total. The van der Waals surface area contributed by atoms with Crippen LogP contribution in [0.15, 0.2) is 36.4 Å². The largest absolute Gasteiger partial charge is 0.456 e. The zero-order chi connectivity index (χ0) is 20.2. The van der Waals surface area contributed by atoms with E-state index in [1.807, 2.05) is 0 Å². The molecule has 0 radical (unpaired) electrons. The van der Waals surface area contributed by atoms with Crippen LogP contribution < -0.4 is 10.1 Å². The van der Waals surface area contributed by atoms with Crippen LogP contribution in [-0.2, 0) is 4.57 Å². The van der Waals surface area contributed by atoms with E-state index in [1.165, 1.54) is 43.3 Å². The van der Waals surface area contributed by atoms with Crippen molar-refractivity contribution in [3.63, 3.8) is 0 Å². The number of hydrogen-bond donors (Lipinski definition) is 3. The molecule has 144 valence electrons. The maximum Gasteiger partial charge on any atom is 0.327 e. The molecule has 0 bridgehead atoms. The van der Waals surface area contributed by atoms with Crippen LogP contribution in [0.3, 0.4) is 0 Å². The first kappa shape index (κ1) is 20.9. The molecule has 0 saturated carbocycles. The van der Waals surface area contributed by atoms with E-state index in [4.69, 9.17) is 26.1 Å². The molecule has 0 saturated heterocycles. The molecule has 0 unspecified atom stereocenters. The number of halogens is 1. The van der Waals surface area contributed by atoms with Crippen LogP contribution in [0.4, 0.5) is 11.4 Å². The molecule has 0 aliphatic carbocycles. The molecule has 9 nitrogen and oxygen atoms in total. The summed E-state index contributed by atoms with van der Waals surface area (Å²) in [6, 6.07) is 8.38. The molecule has 0 amide bonds. The zero-order valence-corrected chi connectivity index (χ0v) is 15.7. The zero-order valence-electron chi connectivity index (χ0n) is 14.1. The molecule has 0 spiro atoms. The second-order valence-corrected chi connectivity index (χ2v) is 7.74. The minimum atomic E-state index is -4.24. The fourth-order valence-electron chi connectivity index (χ4n) is 2.15. The van der Waals surface area contributed by atoms with E-state index in [9.17, 15) is 19.5 Å². The van der Waals surface area contributed by atoms with E-state index in [1.54, 1.807) is 0 Å². The molecule has 0 heterocycles. The van der Waals surface area contributed by atoms with E-state index in [0.717, 1.165) is 0 Å². The van der Waals surface area contributed by atoms with Gasteiger partial charge in [0.1, 0.15) is 17.2 Å². The smallest absolute Gasteiger partial charge is 0.327 e. The molecule has 2 aromatic carbocycles. The second kappa shape index (κ2) is 8.49. The van der Waals surface area contributed by atoms with E-state index >= 15 is 0 Å². The minimum Gasteiger partial charge on any atom is -0.456 e. The van der Waals surface area contributed by atoms with E-state index in [-0.39, 0.29) is 40.2 Å². The SMILES string of the molecule is CC(=O)c1ccc(Oc2ccc([N+](=O)[O-])c(NCCP(=O)(O)O)c2)c(Cl)c1. The average molecular weight is 415 g/mol. The van der Waals surface area contributed by atoms with E-state index in [0.29, 0.717) is 5.56 Å². The lowest BCUT2D eigenvalue weighted by molar-refractivity contribution is -0.384. The minimum absolute atomic E-state index is 0.0439. The van der Waals surface area contributed by atoms with Gasteiger partial charge in [-0.25, -0.2) is 0 Å². The Hall–Kier alpha value is -2.45. The summed E-state index contributed by atoms with van der Waals surface area (Å²) in [7, 11) is -4.24. The molecule has 0 aliphatic rings. The first-order valence-electron chi connectivity index (χ1n) is 7.62. The number of Topliss-reactive ketones (excluding diaryl/α,β-unsaturated/α-hetero) is 1. The summed E-state index contributed by atoms with van der Waals surface area (Å²) in [6.45, 7) is 1.24. The molecule has 0 aliphatic heterocycles. The molecule has 2 rings (SSSR count). The van der Waals surface area contributed by atoms with Gasteiger partial charge >= 0.3 is 7.60 Å². The lowest BCUT2D eigenvalue weighted by Crippen LogP contribution is -2.08. The Morgan fingerprint density at radius 3 is 2.56 bits per heavy atom.